The molecule has 1 unspecified atom stereocenters. The molecule has 0 aliphatic heterocycles. The Bertz CT molecular complexity index is 586. The largest absolute Gasteiger partial charge is 0.330 e. The lowest BCUT2D eigenvalue weighted by atomic mass is 9.92. The van der Waals surface area contributed by atoms with E-state index in [0.29, 0.717) is 30.0 Å². The van der Waals surface area contributed by atoms with Crippen molar-refractivity contribution in [3.63, 3.8) is 0 Å². The van der Waals surface area contributed by atoms with Crippen molar-refractivity contribution < 1.29 is 8.78 Å². The van der Waals surface area contributed by atoms with Gasteiger partial charge in [-0.05, 0) is 66.8 Å². The number of hydrogen-bond acceptors (Lipinski definition) is 1. The molecule has 0 aliphatic rings. The van der Waals surface area contributed by atoms with Crippen LogP contribution in [0.5, 0.6) is 0 Å². The predicted molar refractivity (Wildman–Crippen MR) is 77.8 cm³/mol. The Hall–Kier alpha value is -1.45. The molecule has 4 heteroatoms. The summed E-state index contributed by atoms with van der Waals surface area (Å²) in [4.78, 5) is 0. The summed E-state index contributed by atoms with van der Waals surface area (Å²) in [6, 6.07) is 10.9. The highest BCUT2D eigenvalue weighted by Gasteiger charge is 2.13. The molecule has 0 saturated carbocycles. The van der Waals surface area contributed by atoms with Crippen LogP contribution in [0.25, 0.3) is 0 Å². The third-order valence-electron chi connectivity index (χ3n) is 3.26. The smallest absolute Gasteiger partial charge is 0.126 e. The van der Waals surface area contributed by atoms with Crippen LogP contribution >= 0.6 is 11.6 Å². The Balaban J connectivity index is 2.11. The van der Waals surface area contributed by atoms with Crippen LogP contribution in [0.3, 0.4) is 0 Å². The van der Waals surface area contributed by atoms with Gasteiger partial charge in [-0.15, -0.1) is 0 Å². The van der Waals surface area contributed by atoms with Gasteiger partial charge in [0.25, 0.3) is 0 Å². The molecule has 106 valence electrons. The number of halogens is 3. The van der Waals surface area contributed by atoms with Crippen molar-refractivity contribution >= 4 is 11.6 Å². The highest BCUT2D eigenvalue weighted by atomic mass is 35.5. The van der Waals surface area contributed by atoms with Gasteiger partial charge in [0.2, 0.25) is 0 Å². The molecule has 2 aromatic carbocycles. The minimum absolute atomic E-state index is 0.0461. The van der Waals surface area contributed by atoms with E-state index >= 15 is 0 Å². The van der Waals surface area contributed by atoms with Crippen molar-refractivity contribution in [2.24, 2.45) is 11.7 Å². The average molecular weight is 296 g/mol. The lowest BCUT2D eigenvalue weighted by molar-refractivity contribution is 0.510. The van der Waals surface area contributed by atoms with Crippen LogP contribution < -0.4 is 5.73 Å². The molecule has 0 saturated heterocycles. The Morgan fingerprint density at radius 1 is 1.05 bits per heavy atom. The molecule has 0 fully saturated rings. The van der Waals surface area contributed by atoms with Crippen molar-refractivity contribution in [1.82, 2.24) is 0 Å². The Labute approximate surface area is 122 Å². The van der Waals surface area contributed by atoms with Gasteiger partial charge >= 0.3 is 0 Å². The fraction of sp³-hybridized carbons (Fsp3) is 0.250. The Morgan fingerprint density at radius 2 is 1.85 bits per heavy atom. The molecule has 0 spiro atoms. The summed E-state index contributed by atoms with van der Waals surface area (Å²) < 4.78 is 26.9. The molecule has 20 heavy (non-hydrogen) atoms. The van der Waals surface area contributed by atoms with Crippen LogP contribution in [-0.4, -0.2) is 6.54 Å². The summed E-state index contributed by atoms with van der Waals surface area (Å²) in [6.45, 7) is 0.405. The predicted octanol–water partition coefficient (Wildman–Crippen LogP) is 3.98. The molecular formula is C16H16ClF2N. The van der Waals surface area contributed by atoms with Gasteiger partial charge in [-0.3, -0.25) is 0 Å². The maximum Gasteiger partial charge on any atom is 0.126 e. The fourth-order valence-corrected chi connectivity index (χ4v) is 2.44. The molecule has 0 aliphatic carbocycles. The number of rotatable bonds is 5. The van der Waals surface area contributed by atoms with Gasteiger partial charge in [-0.1, -0.05) is 23.7 Å². The van der Waals surface area contributed by atoms with E-state index in [1.807, 2.05) is 6.07 Å². The second kappa shape index (κ2) is 6.82. The van der Waals surface area contributed by atoms with Crippen molar-refractivity contribution in [2.45, 2.75) is 12.8 Å². The molecule has 0 bridgehead atoms. The van der Waals surface area contributed by atoms with Crippen molar-refractivity contribution in [3.8, 4) is 0 Å². The monoisotopic (exact) mass is 295 g/mol. The minimum Gasteiger partial charge on any atom is -0.330 e. The molecular weight excluding hydrogens is 280 g/mol. The highest BCUT2D eigenvalue weighted by molar-refractivity contribution is 6.30. The van der Waals surface area contributed by atoms with Crippen LogP contribution in [0, 0.1) is 17.6 Å². The van der Waals surface area contributed by atoms with E-state index in [-0.39, 0.29) is 17.6 Å². The summed E-state index contributed by atoms with van der Waals surface area (Å²) in [5.74, 6) is -0.510. The van der Waals surface area contributed by atoms with Gasteiger partial charge in [-0.25, -0.2) is 8.78 Å². The summed E-state index contributed by atoms with van der Waals surface area (Å²) in [6.07, 6.45) is 1.10. The van der Waals surface area contributed by atoms with Crippen molar-refractivity contribution in [3.05, 3.63) is 70.2 Å². The zero-order valence-electron chi connectivity index (χ0n) is 11.0. The van der Waals surface area contributed by atoms with Gasteiger partial charge in [0.1, 0.15) is 11.6 Å². The summed E-state index contributed by atoms with van der Waals surface area (Å²) >= 11 is 5.88. The topological polar surface area (TPSA) is 26.0 Å². The normalized spacial score (nSPS) is 12.4. The van der Waals surface area contributed by atoms with E-state index in [0.717, 1.165) is 5.56 Å². The molecule has 0 aromatic heterocycles. The summed E-state index contributed by atoms with van der Waals surface area (Å²) in [7, 11) is 0. The lowest BCUT2D eigenvalue weighted by Crippen LogP contribution is -2.20. The SMILES string of the molecule is NCC(Cc1cccc(F)c1)Cc1cc(Cl)ccc1F. The van der Waals surface area contributed by atoms with Gasteiger partial charge in [0.15, 0.2) is 0 Å². The molecule has 0 heterocycles. The van der Waals surface area contributed by atoms with E-state index in [9.17, 15) is 8.78 Å². The molecule has 1 atom stereocenters. The first-order valence-electron chi connectivity index (χ1n) is 6.47. The first-order valence-corrected chi connectivity index (χ1v) is 6.84. The quantitative estimate of drug-likeness (QED) is 0.887. The zero-order chi connectivity index (χ0) is 14.5. The van der Waals surface area contributed by atoms with Gasteiger partial charge in [0, 0.05) is 5.02 Å². The summed E-state index contributed by atoms with van der Waals surface area (Å²) in [5.41, 5.74) is 7.15. The van der Waals surface area contributed by atoms with Crippen LogP contribution in [0.15, 0.2) is 42.5 Å². The van der Waals surface area contributed by atoms with E-state index in [4.69, 9.17) is 17.3 Å². The third-order valence-corrected chi connectivity index (χ3v) is 3.50. The Kier molecular flexibility index (Phi) is 5.10. The van der Waals surface area contributed by atoms with Gasteiger partial charge < -0.3 is 5.73 Å². The average Bonchev–Trinajstić information content (AvgIpc) is 2.42. The fourth-order valence-electron chi connectivity index (χ4n) is 2.25. The second-order valence-corrected chi connectivity index (χ2v) is 5.31. The van der Waals surface area contributed by atoms with Crippen molar-refractivity contribution in [2.75, 3.05) is 6.54 Å². The lowest BCUT2D eigenvalue weighted by Gasteiger charge is -2.15. The van der Waals surface area contributed by atoms with Crippen LogP contribution in [0.1, 0.15) is 11.1 Å². The summed E-state index contributed by atoms with van der Waals surface area (Å²) in [5, 5.41) is 0.503. The standard InChI is InChI=1S/C16H16ClF2N/c17-14-4-5-16(19)13(9-14)7-12(10-20)6-11-2-1-3-15(18)8-11/h1-5,8-9,12H,6-7,10,20H2. The minimum atomic E-state index is -0.285. The molecule has 1 nitrogen and oxygen atoms in total. The molecule has 2 aromatic rings. The Morgan fingerprint density at radius 3 is 2.55 bits per heavy atom. The van der Waals surface area contributed by atoms with Gasteiger partial charge in [-0.2, -0.15) is 0 Å². The van der Waals surface area contributed by atoms with E-state index in [2.05, 4.69) is 0 Å². The molecule has 0 radical (unpaired) electrons. The highest BCUT2D eigenvalue weighted by Crippen LogP contribution is 2.20. The molecule has 2 N–H and O–H groups in total. The van der Waals surface area contributed by atoms with Crippen molar-refractivity contribution in [1.29, 1.82) is 0 Å². The third kappa shape index (κ3) is 4.02. The van der Waals surface area contributed by atoms with Gasteiger partial charge in [0.05, 0.1) is 0 Å². The maximum absolute atomic E-state index is 13.7. The van der Waals surface area contributed by atoms with Crippen LogP contribution in [-0.2, 0) is 12.8 Å². The second-order valence-electron chi connectivity index (χ2n) is 4.88. The number of hydrogen-bond donors (Lipinski definition) is 1. The van der Waals surface area contributed by atoms with Crippen LogP contribution in [0.2, 0.25) is 5.02 Å². The maximum atomic E-state index is 13.7. The zero-order valence-corrected chi connectivity index (χ0v) is 11.7. The van der Waals surface area contributed by atoms with Crippen LogP contribution in [0.4, 0.5) is 8.78 Å². The van der Waals surface area contributed by atoms with E-state index in [1.54, 1.807) is 12.1 Å². The number of benzene rings is 2. The molecule has 0 amide bonds. The number of nitrogens with two attached hydrogens (primary N) is 1. The van der Waals surface area contributed by atoms with E-state index < -0.39 is 0 Å². The van der Waals surface area contributed by atoms with E-state index in [1.165, 1.54) is 24.3 Å². The molecule has 2 rings (SSSR count). The first-order chi connectivity index (χ1) is 9.58. The first kappa shape index (κ1) is 14.9.